The summed E-state index contributed by atoms with van der Waals surface area (Å²) >= 11 is 0. The molecule has 5 nitrogen and oxygen atoms in total. The lowest BCUT2D eigenvalue weighted by Crippen LogP contribution is -2.09. The van der Waals surface area contributed by atoms with Gasteiger partial charge in [0.2, 0.25) is 5.95 Å². The molecule has 0 spiro atoms. The first-order valence-corrected chi connectivity index (χ1v) is 6.57. The van der Waals surface area contributed by atoms with Gasteiger partial charge in [-0.1, -0.05) is 18.2 Å². The van der Waals surface area contributed by atoms with Crippen LogP contribution in [-0.4, -0.2) is 26.2 Å². The molecule has 102 valence electrons. The lowest BCUT2D eigenvalue weighted by atomic mass is 10.3. The van der Waals surface area contributed by atoms with E-state index in [1.54, 1.807) is 6.20 Å². The molecular weight excluding hydrogens is 252 g/mol. The van der Waals surface area contributed by atoms with Gasteiger partial charge in [-0.2, -0.15) is 0 Å². The molecule has 2 heterocycles. The molecule has 0 atom stereocenters. The molecule has 0 unspecified atom stereocenters. The first-order valence-electron chi connectivity index (χ1n) is 6.57. The second-order valence-corrected chi connectivity index (χ2v) is 4.51. The maximum absolute atomic E-state index is 9.22. The number of rotatable bonds is 5. The van der Waals surface area contributed by atoms with Gasteiger partial charge in [0.15, 0.2) is 0 Å². The van der Waals surface area contributed by atoms with Crippen molar-refractivity contribution in [2.24, 2.45) is 0 Å². The summed E-state index contributed by atoms with van der Waals surface area (Å²) in [5, 5.41) is 12.5. The molecule has 0 fully saturated rings. The van der Waals surface area contributed by atoms with Crippen LogP contribution in [0.15, 0.2) is 48.8 Å². The Morgan fingerprint density at radius 2 is 2.05 bits per heavy atom. The number of benzene rings is 1. The van der Waals surface area contributed by atoms with E-state index in [0.29, 0.717) is 13.1 Å². The van der Waals surface area contributed by atoms with Crippen molar-refractivity contribution in [3.63, 3.8) is 0 Å². The van der Waals surface area contributed by atoms with E-state index < -0.39 is 0 Å². The molecule has 0 aliphatic heterocycles. The molecule has 0 radical (unpaired) electrons. The Balaban J connectivity index is 1.88. The Morgan fingerprint density at radius 3 is 2.85 bits per heavy atom. The summed E-state index contributed by atoms with van der Waals surface area (Å²) in [7, 11) is 0. The van der Waals surface area contributed by atoms with E-state index in [9.17, 15) is 5.11 Å². The molecule has 0 aliphatic rings. The minimum atomic E-state index is 0.0852. The average molecular weight is 268 g/mol. The molecule has 0 saturated heterocycles. The second-order valence-electron chi connectivity index (χ2n) is 4.51. The van der Waals surface area contributed by atoms with Crippen LogP contribution in [0, 0.1) is 0 Å². The van der Waals surface area contributed by atoms with Gasteiger partial charge in [0.05, 0.1) is 17.6 Å². The normalized spacial score (nSPS) is 10.8. The number of fused-ring (bicyclic) bond motifs is 1. The summed E-state index contributed by atoms with van der Waals surface area (Å²) in [5.41, 5.74) is 3.04. The number of imidazole rings is 1. The highest BCUT2D eigenvalue weighted by atomic mass is 16.3. The number of para-hydroxylation sites is 2. The predicted octanol–water partition coefficient (Wildman–Crippen LogP) is 2.04. The van der Waals surface area contributed by atoms with Gasteiger partial charge in [-0.05, 0) is 23.8 Å². The van der Waals surface area contributed by atoms with Crippen LogP contribution in [0.25, 0.3) is 11.0 Å². The van der Waals surface area contributed by atoms with E-state index >= 15 is 0 Å². The van der Waals surface area contributed by atoms with Crippen LogP contribution in [0.2, 0.25) is 0 Å². The summed E-state index contributed by atoms with van der Waals surface area (Å²) in [6.45, 7) is 1.26. The fourth-order valence-electron chi connectivity index (χ4n) is 2.22. The standard InChI is InChI=1S/C15H16N4O/c20-9-8-19-14-6-2-1-5-13(14)18-15(19)17-11-12-4-3-7-16-10-12/h1-7,10,20H,8-9,11H2,(H,17,18). The molecule has 2 N–H and O–H groups in total. The van der Waals surface area contributed by atoms with E-state index in [2.05, 4.69) is 15.3 Å². The molecule has 0 saturated carbocycles. The first-order chi connectivity index (χ1) is 9.88. The highest BCUT2D eigenvalue weighted by molar-refractivity contribution is 5.78. The van der Waals surface area contributed by atoms with Crippen LogP contribution in [0.1, 0.15) is 5.56 Å². The van der Waals surface area contributed by atoms with Crippen molar-refractivity contribution in [3.05, 3.63) is 54.4 Å². The number of aromatic nitrogens is 3. The van der Waals surface area contributed by atoms with Gasteiger partial charge in [-0.3, -0.25) is 4.98 Å². The number of aliphatic hydroxyl groups excluding tert-OH is 1. The van der Waals surface area contributed by atoms with Gasteiger partial charge in [0, 0.05) is 25.5 Å². The lowest BCUT2D eigenvalue weighted by molar-refractivity contribution is 0.278. The van der Waals surface area contributed by atoms with Crippen LogP contribution < -0.4 is 5.32 Å². The maximum Gasteiger partial charge on any atom is 0.204 e. The van der Waals surface area contributed by atoms with Crippen molar-refractivity contribution < 1.29 is 5.11 Å². The predicted molar refractivity (Wildman–Crippen MR) is 78.4 cm³/mol. The molecule has 0 amide bonds. The highest BCUT2D eigenvalue weighted by Gasteiger charge is 2.09. The summed E-state index contributed by atoms with van der Waals surface area (Å²) in [5.74, 6) is 0.768. The van der Waals surface area contributed by atoms with Crippen molar-refractivity contribution in [3.8, 4) is 0 Å². The molecule has 0 bridgehead atoms. The van der Waals surface area contributed by atoms with Crippen molar-refractivity contribution >= 4 is 17.0 Å². The van der Waals surface area contributed by atoms with E-state index in [1.165, 1.54) is 0 Å². The molecular formula is C15H16N4O. The topological polar surface area (TPSA) is 63.0 Å². The van der Waals surface area contributed by atoms with Crippen LogP contribution in [0.4, 0.5) is 5.95 Å². The zero-order valence-corrected chi connectivity index (χ0v) is 11.0. The van der Waals surface area contributed by atoms with Crippen LogP contribution >= 0.6 is 0 Å². The molecule has 0 aliphatic carbocycles. The number of anilines is 1. The fraction of sp³-hybridized carbons (Fsp3) is 0.200. The fourth-order valence-corrected chi connectivity index (χ4v) is 2.22. The van der Waals surface area contributed by atoms with Crippen LogP contribution in [0.5, 0.6) is 0 Å². The molecule has 1 aromatic carbocycles. The Labute approximate surface area is 116 Å². The first kappa shape index (κ1) is 12.6. The van der Waals surface area contributed by atoms with Crippen molar-refractivity contribution in [2.75, 3.05) is 11.9 Å². The Kier molecular flexibility index (Phi) is 3.60. The maximum atomic E-state index is 9.22. The number of nitrogens with one attached hydrogen (secondary N) is 1. The molecule has 3 rings (SSSR count). The molecule has 3 aromatic rings. The van der Waals surface area contributed by atoms with E-state index in [1.807, 2.05) is 47.2 Å². The van der Waals surface area contributed by atoms with E-state index in [0.717, 1.165) is 22.5 Å². The summed E-state index contributed by atoms with van der Waals surface area (Å²) in [4.78, 5) is 8.66. The van der Waals surface area contributed by atoms with Gasteiger partial charge in [0.1, 0.15) is 0 Å². The third-order valence-corrected chi connectivity index (χ3v) is 3.15. The monoisotopic (exact) mass is 268 g/mol. The smallest absolute Gasteiger partial charge is 0.204 e. The lowest BCUT2D eigenvalue weighted by Gasteiger charge is -2.09. The number of hydrogen-bond donors (Lipinski definition) is 2. The van der Waals surface area contributed by atoms with E-state index in [4.69, 9.17) is 0 Å². The largest absolute Gasteiger partial charge is 0.395 e. The minimum absolute atomic E-state index is 0.0852. The Morgan fingerprint density at radius 1 is 1.15 bits per heavy atom. The molecule has 20 heavy (non-hydrogen) atoms. The van der Waals surface area contributed by atoms with Crippen molar-refractivity contribution in [2.45, 2.75) is 13.1 Å². The summed E-state index contributed by atoms with van der Waals surface area (Å²) in [6, 6.07) is 11.8. The zero-order valence-electron chi connectivity index (χ0n) is 11.0. The van der Waals surface area contributed by atoms with Crippen LogP contribution in [-0.2, 0) is 13.1 Å². The zero-order chi connectivity index (χ0) is 13.8. The molecule has 2 aromatic heterocycles. The third-order valence-electron chi connectivity index (χ3n) is 3.15. The molecule has 5 heteroatoms. The minimum Gasteiger partial charge on any atom is -0.395 e. The van der Waals surface area contributed by atoms with Gasteiger partial charge >= 0.3 is 0 Å². The number of aliphatic hydroxyl groups is 1. The quantitative estimate of drug-likeness (QED) is 0.743. The Bertz CT molecular complexity index is 693. The average Bonchev–Trinajstić information content (AvgIpc) is 2.85. The third kappa shape index (κ3) is 2.48. The Hall–Kier alpha value is -2.40. The summed E-state index contributed by atoms with van der Waals surface area (Å²) < 4.78 is 1.99. The number of hydrogen-bond acceptors (Lipinski definition) is 4. The van der Waals surface area contributed by atoms with Crippen molar-refractivity contribution in [1.29, 1.82) is 0 Å². The van der Waals surface area contributed by atoms with Gasteiger partial charge in [0.25, 0.3) is 0 Å². The van der Waals surface area contributed by atoms with Gasteiger partial charge in [-0.25, -0.2) is 4.98 Å². The van der Waals surface area contributed by atoms with Gasteiger partial charge in [-0.15, -0.1) is 0 Å². The van der Waals surface area contributed by atoms with E-state index in [-0.39, 0.29) is 6.61 Å². The second kappa shape index (κ2) is 5.71. The van der Waals surface area contributed by atoms with Gasteiger partial charge < -0.3 is 15.0 Å². The van der Waals surface area contributed by atoms with Crippen molar-refractivity contribution in [1.82, 2.24) is 14.5 Å². The number of pyridine rings is 1. The van der Waals surface area contributed by atoms with Crippen LogP contribution in [0.3, 0.4) is 0 Å². The highest BCUT2D eigenvalue weighted by Crippen LogP contribution is 2.19. The number of nitrogens with zero attached hydrogens (tertiary/aromatic N) is 3. The SMILES string of the molecule is OCCn1c(NCc2cccnc2)nc2ccccc21. The summed E-state index contributed by atoms with van der Waals surface area (Å²) in [6.07, 6.45) is 3.58.